The summed E-state index contributed by atoms with van der Waals surface area (Å²) in [4.78, 5) is 0. The Kier molecular flexibility index (Phi) is 4.27. The number of alkyl halides is 3. The van der Waals surface area contributed by atoms with Gasteiger partial charge in [0.15, 0.2) is 4.77 Å². The van der Waals surface area contributed by atoms with E-state index in [1.54, 1.807) is 4.57 Å². The highest BCUT2D eigenvalue weighted by atomic mass is 32.1. The Hall–Kier alpha value is -1.63. The SMILES string of the molecule is CCCc1n[nH]c(=S)n1Cc1ccc(C(F)(F)F)cc1. The molecular weight excluding hydrogens is 287 g/mol. The van der Waals surface area contributed by atoms with Gasteiger partial charge in [-0.3, -0.25) is 9.67 Å². The van der Waals surface area contributed by atoms with Gasteiger partial charge >= 0.3 is 6.18 Å². The van der Waals surface area contributed by atoms with Crippen LogP contribution in [-0.4, -0.2) is 14.8 Å². The molecule has 20 heavy (non-hydrogen) atoms. The Balaban J connectivity index is 2.22. The number of H-pyrrole nitrogens is 1. The molecule has 0 unspecified atom stereocenters. The first-order valence-electron chi connectivity index (χ1n) is 6.22. The number of nitrogens with one attached hydrogen (secondary N) is 1. The van der Waals surface area contributed by atoms with Crippen LogP contribution in [0.1, 0.15) is 30.3 Å². The lowest BCUT2D eigenvalue weighted by atomic mass is 10.1. The van der Waals surface area contributed by atoms with Gasteiger partial charge in [-0.25, -0.2) is 0 Å². The lowest BCUT2D eigenvalue weighted by molar-refractivity contribution is -0.137. The van der Waals surface area contributed by atoms with E-state index in [0.29, 0.717) is 11.3 Å². The Morgan fingerprint density at radius 3 is 2.45 bits per heavy atom. The second-order valence-corrected chi connectivity index (χ2v) is 4.86. The van der Waals surface area contributed by atoms with E-state index in [-0.39, 0.29) is 0 Å². The molecule has 0 spiro atoms. The van der Waals surface area contributed by atoms with Gasteiger partial charge in [-0.15, -0.1) is 0 Å². The van der Waals surface area contributed by atoms with Gasteiger partial charge in [0.25, 0.3) is 0 Å². The van der Waals surface area contributed by atoms with Crippen molar-refractivity contribution >= 4 is 12.2 Å². The molecular formula is C13H14F3N3S. The number of aryl methyl sites for hydroxylation is 1. The summed E-state index contributed by atoms with van der Waals surface area (Å²) < 4.78 is 39.8. The summed E-state index contributed by atoms with van der Waals surface area (Å²) in [6, 6.07) is 5.09. The molecule has 0 saturated carbocycles. The minimum absolute atomic E-state index is 0.419. The van der Waals surface area contributed by atoms with E-state index in [1.807, 2.05) is 6.92 Å². The number of rotatable bonds is 4. The summed E-state index contributed by atoms with van der Waals surface area (Å²) in [7, 11) is 0. The summed E-state index contributed by atoms with van der Waals surface area (Å²) in [5.74, 6) is 0.817. The first-order chi connectivity index (χ1) is 9.41. The minimum atomic E-state index is -4.31. The third-order valence-corrected chi connectivity index (χ3v) is 3.24. The highest BCUT2D eigenvalue weighted by Gasteiger charge is 2.29. The highest BCUT2D eigenvalue weighted by molar-refractivity contribution is 7.71. The second-order valence-electron chi connectivity index (χ2n) is 4.48. The van der Waals surface area contributed by atoms with Gasteiger partial charge in [-0.2, -0.15) is 18.3 Å². The van der Waals surface area contributed by atoms with Crippen LogP contribution in [0.15, 0.2) is 24.3 Å². The fraction of sp³-hybridized carbons (Fsp3) is 0.385. The molecule has 0 saturated heterocycles. The summed E-state index contributed by atoms with van der Waals surface area (Å²) in [5.41, 5.74) is 0.110. The number of aromatic nitrogens is 3. The lowest BCUT2D eigenvalue weighted by Gasteiger charge is -2.09. The largest absolute Gasteiger partial charge is 0.416 e. The molecule has 108 valence electrons. The molecule has 7 heteroatoms. The van der Waals surface area contributed by atoms with Crippen LogP contribution in [0, 0.1) is 4.77 Å². The van der Waals surface area contributed by atoms with Gasteiger partial charge in [0.05, 0.1) is 12.1 Å². The van der Waals surface area contributed by atoms with Gasteiger partial charge in [-0.05, 0) is 36.3 Å². The smallest absolute Gasteiger partial charge is 0.300 e. The quantitative estimate of drug-likeness (QED) is 0.867. The monoisotopic (exact) mass is 301 g/mol. The van der Waals surface area contributed by atoms with Gasteiger partial charge in [0.2, 0.25) is 0 Å². The molecule has 0 bridgehead atoms. The molecule has 2 rings (SSSR count). The maximum absolute atomic E-state index is 12.5. The van der Waals surface area contributed by atoms with Crippen LogP contribution in [0.3, 0.4) is 0 Å². The highest BCUT2D eigenvalue weighted by Crippen LogP contribution is 2.29. The van der Waals surface area contributed by atoms with Gasteiger partial charge < -0.3 is 0 Å². The van der Waals surface area contributed by atoms with Crippen molar-refractivity contribution in [2.45, 2.75) is 32.5 Å². The van der Waals surface area contributed by atoms with E-state index in [4.69, 9.17) is 12.2 Å². The Morgan fingerprint density at radius 1 is 1.25 bits per heavy atom. The van der Waals surface area contributed by atoms with E-state index >= 15 is 0 Å². The van der Waals surface area contributed by atoms with Crippen LogP contribution >= 0.6 is 12.2 Å². The van der Waals surface area contributed by atoms with Crippen molar-refractivity contribution in [1.29, 1.82) is 0 Å². The van der Waals surface area contributed by atoms with Crippen LogP contribution in [0.2, 0.25) is 0 Å². The molecule has 1 aromatic heterocycles. The zero-order valence-corrected chi connectivity index (χ0v) is 11.7. The molecule has 2 aromatic rings. The Labute approximate surface area is 119 Å². The topological polar surface area (TPSA) is 33.6 Å². The fourth-order valence-electron chi connectivity index (χ4n) is 1.91. The summed E-state index contributed by atoms with van der Waals surface area (Å²) >= 11 is 5.14. The number of hydrogen-bond donors (Lipinski definition) is 1. The summed E-state index contributed by atoms with van der Waals surface area (Å²) in [5, 5.41) is 6.84. The van der Waals surface area contributed by atoms with E-state index in [2.05, 4.69) is 10.2 Å². The maximum atomic E-state index is 12.5. The normalized spacial score (nSPS) is 11.8. The van der Waals surface area contributed by atoms with Crippen molar-refractivity contribution in [3.63, 3.8) is 0 Å². The van der Waals surface area contributed by atoms with Gasteiger partial charge in [-0.1, -0.05) is 19.1 Å². The maximum Gasteiger partial charge on any atom is 0.416 e. The molecule has 0 radical (unpaired) electrons. The van der Waals surface area contributed by atoms with Crippen molar-refractivity contribution < 1.29 is 13.2 Å². The molecule has 0 aliphatic rings. The zero-order chi connectivity index (χ0) is 14.8. The predicted molar refractivity (Wildman–Crippen MR) is 72.0 cm³/mol. The third kappa shape index (κ3) is 3.27. The van der Waals surface area contributed by atoms with Crippen LogP contribution in [0.25, 0.3) is 0 Å². The van der Waals surface area contributed by atoms with Crippen molar-refractivity contribution in [3.8, 4) is 0 Å². The molecule has 0 fully saturated rings. The molecule has 0 atom stereocenters. The molecule has 0 aliphatic heterocycles. The number of hydrogen-bond acceptors (Lipinski definition) is 2. The Bertz CT molecular complexity index is 626. The van der Waals surface area contributed by atoms with Crippen molar-refractivity contribution in [3.05, 3.63) is 46.0 Å². The minimum Gasteiger partial charge on any atom is -0.300 e. The standard InChI is InChI=1S/C13H14F3N3S/c1-2-3-11-17-18-12(20)19(11)8-9-4-6-10(7-5-9)13(14,15)16/h4-7H,2-3,8H2,1H3,(H,18,20). The first-order valence-corrected chi connectivity index (χ1v) is 6.63. The van der Waals surface area contributed by atoms with Gasteiger partial charge in [0.1, 0.15) is 5.82 Å². The van der Waals surface area contributed by atoms with E-state index in [9.17, 15) is 13.2 Å². The van der Waals surface area contributed by atoms with E-state index in [1.165, 1.54) is 12.1 Å². The fourth-order valence-corrected chi connectivity index (χ4v) is 2.13. The van der Waals surface area contributed by atoms with Crippen molar-refractivity contribution in [1.82, 2.24) is 14.8 Å². The third-order valence-electron chi connectivity index (χ3n) is 2.93. The number of nitrogens with zero attached hydrogens (tertiary/aromatic N) is 2. The van der Waals surface area contributed by atoms with Crippen LogP contribution in [0.5, 0.6) is 0 Å². The van der Waals surface area contributed by atoms with Gasteiger partial charge in [0, 0.05) is 6.42 Å². The number of halogens is 3. The van der Waals surface area contributed by atoms with Crippen LogP contribution in [-0.2, 0) is 19.1 Å². The molecule has 1 heterocycles. The van der Waals surface area contributed by atoms with Crippen molar-refractivity contribution in [2.75, 3.05) is 0 Å². The molecule has 0 aliphatic carbocycles. The summed E-state index contributed by atoms with van der Waals surface area (Å²) in [6.45, 7) is 2.45. The number of aromatic amines is 1. The number of benzene rings is 1. The second kappa shape index (κ2) is 5.78. The molecule has 3 nitrogen and oxygen atoms in total. The first kappa shape index (κ1) is 14.8. The van der Waals surface area contributed by atoms with Crippen LogP contribution in [0.4, 0.5) is 13.2 Å². The van der Waals surface area contributed by atoms with Crippen LogP contribution < -0.4 is 0 Å². The zero-order valence-electron chi connectivity index (χ0n) is 10.9. The lowest BCUT2D eigenvalue weighted by Crippen LogP contribution is -2.07. The molecule has 1 N–H and O–H groups in total. The van der Waals surface area contributed by atoms with Crippen molar-refractivity contribution in [2.24, 2.45) is 0 Å². The predicted octanol–water partition coefficient (Wildman–Crippen LogP) is 3.96. The average Bonchev–Trinajstić information content (AvgIpc) is 2.72. The molecule has 1 aromatic carbocycles. The average molecular weight is 301 g/mol. The Morgan fingerprint density at radius 2 is 1.90 bits per heavy atom. The molecule has 0 amide bonds. The summed E-state index contributed by atoms with van der Waals surface area (Å²) in [6.07, 6.45) is -2.61. The van der Waals surface area contributed by atoms with E-state index < -0.39 is 11.7 Å². The van der Waals surface area contributed by atoms with E-state index in [0.717, 1.165) is 36.4 Å².